The monoisotopic (exact) mass is 403 g/mol. The van der Waals surface area contributed by atoms with E-state index in [4.69, 9.17) is 4.74 Å². The predicted molar refractivity (Wildman–Crippen MR) is 109 cm³/mol. The molecule has 0 aliphatic carbocycles. The molecule has 0 aliphatic heterocycles. The first kappa shape index (κ1) is 21.0. The highest BCUT2D eigenvalue weighted by atomic mass is 19.4. The van der Waals surface area contributed by atoms with Gasteiger partial charge in [0.05, 0.1) is 13.2 Å². The smallest absolute Gasteiger partial charge is 0.419 e. The highest BCUT2D eigenvalue weighted by molar-refractivity contribution is 5.94. The van der Waals surface area contributed by atoms with E-state index in [2.05, 4.69) is 5.32 Å². The standard InChI is InChI=1S/C23H24F3NO2/c1-3-15-22(28,23(24,25)26)21(18-12-6-7-14-20(18)29-2)27-19-13-8-10-16-9-4-5-11-17(16)19/h4-14,21,27-28H,3,15H2,1-2H3. The minimum atomic E-state index is -4.84. The number of para-hydroxylation sites is 1. The molecule has 2 N–H and O–H groups in total. The third-order valence-electron chi connectivity index (χ3n) is 5.14. The lowest BCUT2D eigenvalue weighted by Crippen LogP contribution is -2.52. The summed E-state index contributed by atoms with van der Waals surface area (Å²) in [5.41, 5.74) is -2.22. The summed E-state index contributed by atoms with van der Waals surface area (Å²) < 4.78 is 47.8. The van der Waals surface area contributed by atoms with E-state index in [-0.39, 0.29) is 17.7 Å². The number of fused-ring (bicyclic) bond motifs is 1. The quantitative estimate of drug-likeness (QED) is 0.501. The summed E-state index contributed by atoms with van der Waals surface area (Å²) >= 11 is 0. The average molecular weight is 403 g/mol. The van der Waals surface area contributed by atoms with Crippen LogP contribution in [-0.2, 0) is 0 Å². The Hall–Kier alpha value is -2.73. The van der Waals surface area contributed by atoms with Crippen LogP contribution in [0.3, 0.4) is 0 Å². The van der Waals surface area contributed by atoms with E-state index in [0.717, 1.165) is 10.8 Å². The molecule has 0 heterocycles. The highest BCUT2D eigenvalue weighted by Gasteiger charge is 2.59. The number of rotatable bonds is 7. The molecule has 0 aromatic heterocycles. The molecule has 2 unspecified atom stereocenters. The Kier molecular flexibility index (Phi) is 6.03. The van der Waals surface area contributed by atoms with Gasteiger partial charge in [-0.15, -0.1) is 0 Å². The van der Waals surface area contributed by atoms with Gasteiger partial charge in [0, 0.05) is 16.6 Å². The van der Waals surface area contributed by atoms with Gasteiger partial charge < -0.3 is 15.2 Å². The number of hydrogen-bond donors (Lipinski definition) is 2. The zero-order chi connectivity index (χ0) is 21.1. The van der Waals surface area contributed by atoms with Gasteiger partial charge in [-0.1, -0.05) is 67.9 Å². The molecule has 0 saturated heterocycles. The molecule has 6 heteroatoms. The van der Waals surface area contributed by atoms with Gasteiger partial charge in [0.1, 0.15) is 5.75 Å². The zero-order valence-corrected chi connectivity index (χ0v) is 16.3. The van der Waals surface area contributed by atoms with Crippen molar-refractivity contribution >= 4 is 16.5 Å². The van der Waals surface area contributed by atoms with E-state index in [1.54, 1.807) is 43.3 Å². The van der Waals surface area contributed by atoms with E-state index in [9.17, 15) is 18.3 Å². The second-order valence-corrected chi connectivity index (χ2v) is 7.02. The number of nitrogens with one attached hydrogen (secondary N) is 1. The lowest BCUT2D eigenvalue weighted by molar-refractivity contribution is -0.269. The van der Waals surface area contributed by atoms with Crippen molar-refractivity contribution in [2.45, 2.75) is 37.6 Å². The van der Waals surface area contributed by atoms with Crippen molar-refractivity contribution in [1.82, 2.24) is 0 Å². The normalized spacial score (nSPS) is 15.0. The van der Waals surface area contributed by atoms with Crippen LogP contribution < -0.4 is 10.1 Å². The maximum atomic E-state index is 14.1. The van der Waals surface area contributed by atoms with E-state index < -0.39 is 24.2 Å². The molecule has 0 amide bonds. The summed E-state index contributed by atoms with van der Waals surface area (Å²) in [6, 6.07) is 17.8. The van der Waals surface area contributed by atoms with Crippen LogP contribution >= 0.6 is 0 Å². The molecular weight excluding hydrogens is 379 g/mol. The van der Waals surface area contributed by atoms with E-state index >= 15 is 0 Å². The summed E-state index contributed by atoms with van der Waals surface area (Å²) in [6.07, 6.45) is -5.12. The summed E-state index contributed by atoms with van der Waals surface area (Å²) in [4.78, 5) is 0. The molecule has 0 fully saturated rings. The van der Waals surface area contributed by atoms with Crippen LogP contribution in [0.5, 0.6) is 5.75 Å². The van der Waals surface area contributed by atoms with Crippen LogP contribution in [0.25, 0.3) is 10.8 Å². The Balaban J connectivity index is 2.20. The molecule has 0 bridgehead atoms. The van der Waals surface area contributed by atoms with Crippen LogP contribution in [0, 0.1) is 0 Å². The number of anilines is 1. The number of benzene rings is 3. The number of aliphatic hydroxyl groups is 1. The van der Waals surface area contributed by atoms with E-state index in [1.165, 1.54) is 7.11 Å². The molecular formula is C23H24F3NO2. The zero-order valence-electron chi connectivity index (χ0n) is 16.3. The molecule has 3 aromatic rings. The maximum Gasteiger partial charge on any atom is 0.419 e. The average Bonchev–Trinajstić information content (AvgIpc) is 2.71. The number of alkyl halides is 3. The number of halogens is 3. The van der Waals surface area contributed by atoms with Crippen molar-refractivity contribution < 1.29 is 23.0 Å². The second kappa shape index (κ2) is 8.33. The highest BCUT2D eigenvalue weighted by Crippen LogP contribution is 2.47. The summed E-state index contributed by atoms with van der Waals surface area (Å²) in [5, 5.41) is 15.6. The summed E-state index contributed by atoms with van der Waals surface area (Å²) in [7, 11) is 1.40. The van der Waals surface area contributed by atoms with Crippen LogP contribution in [0.4, 0.5) is 18.9 Å². The van der Waals surface area contributed by atoms with Crippen molar-refractivity contribution in [3.05, 3.63) is 72.3 Å². The Labute approximate surface area is 168 Å². The number of methoxy groups -OCH3 is 1. The molecule has 0 spiro atoms. The van der Waals surface area contributed by atoms with Gasteiger partial charge in [-0.3, -0.25) is 0 Å². The first-order chi connectivity index (χ1) is 13.8. The van der Waals surface area contributed by atoms with Crippen molar-refractivity contribution in [1.29, 1.82) is 0 Å². The van der Waals surface area contributed by atoms with Gasteiger partial charge >= 0.3 is 6.18 Å². The summed E-state index contributed by atoms with van der Waals surface area (Å²) in [5.74, 6) is 0.281. The molecule has 0 saturated carbocycles. The molecule has 154 valence electrons. The van der Waals surface area contributed by atoms with Crippen molar-refractivity contribution in [3.63, 3.8) is 0 Å². The fourth-order valence-corrected chi connectivity index (χ4v) is 3.70. The van der Waals surface area contributed by atoms with Crippen LogP contribution in [0.15, 0.2) is 66.7 Å². The molecule has 3 aromatic carbocycles. The first-order valence-electron chi connectivity index (χ1n) is 9.48. The molecule has 0 aliphatic rings. The largest absolute Gasteiger partial charge is 0.496 e. The minimum Gasteiger partial charge on any atom is -0.496 e. The Bertz CT molecular complexity index is 968. The van der Waals surface area contributed by atoms with Gasteiger partial charge in [0.15, 0.2) is 5.60 Å². The third-order valence-corrected chi connectivity index (χ3v) is 5.14. The van der Waals surface area contributed by atoms with Crippen LogP contribution in [-0.4, -0.2) is 24.0 Å². The number of hydrogen-bond acceptors (Lipinski definition) is 3. The fraction of sp³-hybridized carbons (Fsp3) is 0.304. The fourth-order valence-electron chi connectivity index (χ4n) is 3.70. The van der Waals surface area contributed by atoms with E-state index in [0.29, 0.717) is 5.69 Å². The van der Waals surface area contributed by atoms with Gasteiger partial charge in [-0.05, 0) is 23.9 Å². The van der Waals surface area contributed by atoms with Gasteiger partial charge in [0.2, 0.25) is 0 Å². The maximum absolute atomic E-state index is 14.1. The second-order valence-electron chi connectivity index (χ2n) is 7.02. The van der Waals surface area contributed by atoms with Gasteiger partial charge in [-0.2, -0.15) is 13.2 Å². The summed E-state index contributed by atoms with van der Waals surface area (Å²) in [6.45, 7) is 1.62. The first-order valence-corrected chi connectivity index (χ1v) is 9.48. The van der Waals surface area contributed by atoms with Gasteiger partial charge in [-0.25, -0.2) is 0 Å². The molecule has 29 heavy (non-hydrogen) atoms. The van der Waals surface area contributed by atoms with Gasteiger partial charge in [0.25, 0.3) is 0 Å². The predicted octanol–water partition coefficient (Wildman–Crippen LogP) is 6.10. The Morgan fingerprint density at radius 1 is 0.966 bits per heavy atom. The lowest BCUT2D eigenvalue weighted by atomic mass is 9.83. The Morgan fingerprint density at radius 3 is 2.31 bits per heavy atom. The molecule has 2 atom stereocenters. The Morgan fingerprint density at radius 2 is 1.62 bits per heavy atom. The molecule has 0 radical (unpaired) electrons. The van der Waals surface area contributed by atoms with Crippen molar-refractivity contribution in [2.24, 2.45) is 0 Å². The lowest BCUT2D eigenvalue weighted by Gasteiger charge is -2.39. The van der Waals surface area contributed by atoms with Crippen molar-refractivity contribution in [3.8, 4) is 5.75 Å². The minimum absolute atomic E-state index is 0.166. The SMILES string of the molecule is CCCC(O)(C(Nc1cccc2ccccc12)c1ccccc1OC)C(F)(F)F. The van der Waals surface area contributed by atoms with Crippen LogP contribution in [0.2, 0.25) is 0 Å². The third kappa shape index (κ3) is 4.03. The molecule has 3 rings (SSSR count). The van der Waals surface area contributed by atoms with Crippen molar-refractivity contribution in [2.75, 3.05) is 12.4 Å². The molecule has 3 nitrogen and oxygen atoms in total. The number of ether oxygens (including phenoxy) is 1. The van der Waals surface area contributed by atoms with E-state index in [1.807, 2.05) is 30.3 Å². The van der Waals surface area contributed by atoms with Crippen LogP contribution in [0.1, 0.15) is 31.4 Å². The topological polar surface area (TPSA) is 41.5 Å².